The van der Waals surface area contributed by atoms with Crippen molar-refractivity contribution < 1.29 is 0 Å². The van der Waals surface area contributed by atoms with E-state index in [0.29, 0.717) is 17.5 Å². The monoisotopic (exact) mass is 386 g/mol. The number of anilines is 1. The molecule has 3 aliphatic rings. The first-order valence-electron chi connectivity index (χ1n) is 11.2. The van der Waals surface area contributed by atoms with Gasteiger partial charge in [-0.15, -0.1) is 0 Å². The van der Waals surface area contributed by atoms with Crippen LogP contribution in [0.5, 0.6) is 0 Å². The van der Waals surface area contributed by atoms with Gasteiger partial charge in [0.2, 0.25) is 0 Å². The molecule has 1 saturated carbocycles. The van der Waals surface area contributed by atoms with Gasteiger partial charge in [0.25, 0.3) is 0 Å². The Bertz CT molecular complexity index is 1040. The van der Waals surface area contributed by atoms with Crippen LogP contribution in [0, 0.1) is 5.41 Å². The second-order valence-corrected chi connectivity index (χ2v) is 9.59. The molecule has 1 saturated heterocycles. The van der Waals surface area contributed by atoms with Crippen molar-refractivity contribution in [3.8, 4) is 0 Å². The van der Waals surface area contributed by atoms with Crippen molar-refractivity contribution in [1.29, 1.82) is 0 Å². The lowest BCUT2D eigenvalue weighted by molar-refractivity contribution is 0.00810. The maximum Gasteiger partial charge on any atom is 0.110 e. The summed E-state index contributed by atoms with van der Waals surface area (Å²) in [5.41, 5.74) is 7.30. The molecule has 6 rings (SSSR count). The number of benzene rings is 2. The first-order chi connectivity index (χ1) is 14.2. The van der Waals surface area contributed by atoms with Gasteiger partial charge < -0.3 is 15.2 Å². The smallest absolute Gasteiger partial charge is 0.110 e. The minimum absolute atomic E-state index is 0.553. The molecule has 3 heterocycles. The summed E-state index contributed by atoms with van der Waals surface area (Å²) in [6, 6.07) is 16.6. The number of rotatable bonds is 4. The third-order valence-electron chi connectivity index (χ3n) is 7.45. The molecule has 1 aromatic heterocycles. The zero-order valence-electron chi connectivity index (χ0n) is 17.2. The number of hydrogen-bond donors (Lipinski definition) is 2. The van der Waals surface area contributed by atoms with Crippen molar-refractivity contribution in [2.24, 2.45) is 5.41 Å². The van der Waals surface area contributed by atoms with E-state index in [1.54, 1.807) is 0 Å². The molecule has 0 bridgehead atoms. The average Bonchev–Trinajstić information content (AvgIpc) is 3.03. The van der Waals surface area contributed by atoms with Gasteiger partial charge in [0.15, 0.2) is 0 Å². The van der Waals surface area contributed by atoms with Gasteiger partial charge in [-0.25, -0.2) is 4.98 Å². The minimum atomic E-state index is 0.553. The van der Waals surface area contributed by atoms with Gasteiger partial charge in [-0.1, -0.05) is 30.3 Å². The number of hydrogen-bond acceptors (Lipinski definition) is 3. The molecule has 2 aliphatic heterocycles. The fourth-order valence-electron chi connectivity index (χ4n) is 5.73. The highest BCUT2D eigenvalue weighted by molar-refractivity contribution is 5.86. The van der Waals surface area contributed by atoms with Crippen molar-refractivity contribution in [3.05, 3.63) is 59.4 Å². The third-order valence-corrected chi connectivity index (χ3v) is 7.45. The zero-order valence-corrected chi connectivity index (χ0v) is 17.2. The van der Waals surface area contributed by atoms with Gasteiger partial charge in [-0.05, 0) is 62.1 Å². The molecule has 4 heteroatoms. The standard InChI is InChI=1S/C25H30N4/c1-17-7-9-20-21(27-17)10-11-22-24(20)28-23(12-8-18-5-3-2-4-6-18)29(22)19-13-25(14-19)15-26-16-25/h2-6,10-11,17,19,26-27H,7-9,12-16H2,1H3/t17-/m0/s1. The van der Waals surface area contributed by atoms with Crippen molar-refractivity contribution in [2.45, 2.75) is 57.5 Å². The summed E-state index contributed by atoms with van der Waals surface area (Å²) in [5.74, 6) is 1.28. The molecule has 0 radical (unpaired) electrons. The molecule has 2 fully saturated rings. The Labute approximate surface area is 172 Å². The Morgan fingerprint density at radius 2 is 1.90 bits per heavy atom. The molecule has 0 amide bonds. The Morgan fingerprint density at radius 3 is 2.66 bits per heavy atom. The molecular formula is C25H30N4. The van der Waals surface area contributed by atoms with Crippen LogP contribution in [0.25, 0.3) is 11.0 Å². The van der Waals surface area contributed by atoms with Crippen LogP contribution in [-0.2, 0) is 19.3 Å². The van der Waals surface area contributed by atoms with Crippen LogP contribution < -0.4 is 10.6 Å². The highest BCUT2D eigenvalue weighted by atomic mass is 15.1. The molecule has 3 aromatic rings. The lowest BCUT2D eigenvalue weighted by atomic mass is 9.61. The second-order valence-electron chi connectivity index (χ2n) is 9.59. The van der Waals surface area contributed by atoms with Gasteiger partial charge in [-0.3, -0.25) is 0 Å². The first-order valence-corrected chi connectivity index (χ1v) is 11.2. The molecule has 0 unspecified atom stereocenters. The Hall–Kier alpha value is -2.33. The Balaban J connectivity index is 1.38. The summed E-state index contributed by atoms with van der Waals surface area (Å²) in [5, 5.41) is 7.15. The van der Waals surface area contributed by atoms with Crippen molar-refractivity contribution in [3.63, 3.8) is 0 Å². The second kappa shape index (κ2) is 6.60. The fraction of sp³-hybridized carbons (Fsp3) is 0.480. The van der Waals surface area contributed by atoms with Crippen LogP contribution in [-0.4, -0.2) is 28.7 Å². The van der Waals surface area contributed by atoms with Gasteiger partial charge in [0, 0.05) is 42.8 Å². The minimum Gasteiger partial charge on any atom is -0.382 e. The number of imidazole rings is 1. The molecule has 1 spiro atoms. The van der Waals surface area contributed by atoms with Crippen LogP contribution in [0.2, 0.25) is 0 Å². The van der Waals surface area contributed by atoms with Gasteiger partial charge in [0.1, 0.15) is 5.82 Å². The predicted molar refractivity (Wildman–Crippen MR) is 119 cm³/mol. The van der Waals surface area contributed by atoms with Crippen molar-refractivity contribution in [1.82, 2.24) is 14.9 Å². The van der Waals surface area contributed by atoms with E-state index in [1.807, 2.05) is 0 Å². The normalized spacial score (nSPS) is 22.7. The average molecular weight is 387 g/mol. The molecule has 4 nitrogen and oxygen atoms in total. The van der Waals surface area contributed by atoms with Crippen LogP contribution in [0.15, 0.2) is 42.5 Å². The summed E-state index contributed by atoms with van der Waals surface area (Å²) in [4.78, 5) is 5.27. The molecule has 2 N–H and O–H groups in total. The van der Waals surface area contributed by atoms with E-state index in [-0.39, 0.29) is 0 Å². The highest BCUT2D eigenvalue weighted by Gasteiger charge is 2.49. The molecule has 150 valence electrons. The first kappa shape index (κ1) is 17.5. The van der Waals surface area contributed by atoms with Crippen LogP contribution >= 0.6 is 0 Å². The predicted octanol–water partition coefficient (Wildman–Crippen LogP) is 4.49. The van der Waals surface area contributed by atoms with Crippen molar-refractivity contribution in [2.75, 3.05) is 18.4 Å². The number of aryl methyl sites for hydroxylation is 3. The van der Waals surface area contributed by atoms with Crippen LogP contribution in [0.4, 0.5) is 5.69 Å². The van der Waals surface area contributed by atoms with Gasteiger partial charge in [-0.2, -0.15) is 0 Å². The molecule has 1 atom stereocenters. The lowest BCUT2D eigenvalue weighted by Gasteiger charge is -2.55. The van der Waals surface area contributed by atoms with Gasteiger partial charge >= 0.3 is 0 Å². The maximum absolute atomic E-state index is 5.27. The number of nitrogens with one attached hydrogen (secondary N) is 2. The Kier molecular flexibility index (Phi) is 3.98. The van der Waals surface area contributed by atoms with Crippen molar-refractivity contribution >= 4 is 16.7 Å². The zero-order chi connectivity index (χ0) is 19.4. The largest absolute Gasteiger partial charge is 0.382 e. The quantitative estimate of drug-likeness (QED) is 0.694. The summed E-state index contributed by atoms with van der Waals surface area (Å²) in [7, 11) is 0. The van der Waals surface area contributed by atoms with E-state index in [9.17, 15) is 0 Å². The molecule has 29 heavy (non-hydrogen) atoms. The summed E-state index contributed by atoms with van der Waals surface area (Å²) in [6.07, 6.45) is 7.00. The Morgan fingerprint density at radius 1 is 1.07 bits per heavy atom. The molecular weight excluding hydrogens is 356 g/mol. The number of fused-ring (bicyclic) bond motifs is 3. The highest BCUT2D eigenvalue weighted by Crippen LogP contribution is 2.52. The van der Waals surface area contributed by atoms with Crippen LogP contribution in [0.3, 0.4) is 0 Å². The summed E-state index contributed by atoms with van der Waals surface area (Å²) >= 11 is 0. The van der Waals surface area contributed by atoms with E-state index >= 15 is 0 Å². The lowest BCUT2D eigenvalue weighted by Crippen LogP contribution is -2.60. The number of aromatic nitrogens is 2. The van der Waals surface area contributed by atoms with Gasteiger partial charge in [0.05, 0.1) is 11.0 Å². The number of nitrogens with zero attached hydrogens (tertiary/aromatic N) is 2. The summed E-state index contributed by atoms with van der Waals surface area (Å²) in [6.45, 7) is 4.68. The maximum atomic E-state index is 5.27. The van der Waals surface area contributed by atoms with E-state index in [1.165, 1.54) is 66.0 Å². The fourth-order valence-corrected chi connectivity index (χ4v) is 5.73. The SMILES string of the molecule is C[C@H]1CCc2c(ccc3c2nc(CCc2ccccc2)n3C2CC3(CNC3)C2)N1. The third kappa shape index (κ3) is 2.88. The molecule has 2 aromatic carbocycles. The molecule has 1 aliphatic carbocycles. The van der Waals surface area contributed by atoms with E-state index in [0.717, 1.165) is 19.3 Å². The van der Waals surface area contributed by atoms with Crippen LogP contribution in [0.1, 0.15) is 49.2 Å². The topological polar surface area (TPSA) is 41.9 Å². The summed E-state index contributed by atoms with van der Waals surface area (Å²) < 4.78 is 2.61. The van der Waals surface area contributed by atoms with E-state index in [2.05, 4.69) is 64.6 Å². The van der Waals surface area contributed by atoms with E-state index in [4.69, 9.17) is 4.98 Å². The van der Waals surface area contributed by atoms with E-state index < -0.39 is 0 Å².